The van der Waals surface area contributed by atoms with Gasteiger partial charge in [-0.05, 0) is 18.6 Å². The fourth-order valence-electron chi connectivity index (χ4n) is 1.70. The summed E-state index contributed by atoms with van der Waals surface area (Å²) < 4.78 is 5.31. The van der Waals surface area contributed by atoms with Gasteiger partial charge in [0.25, 0.3) is 0 Å². The standard InChI is InChI=1S/C11H12O4/c1-6-2-3-7-9(4-6)15-5-8(10(7)12)11(13)14/h2-4,8,10,12H,5H2,1H3,(H,13,14). The van der Waals surface area contributed by atoms with Crippen LogP contribution in [0.5, 0.6) is 5.75 Å². The smallest absolute Gasteiger partial charge is 0.313 e. The number of aliphatic hydroxyl groups excluding tert-OH is 1. The molecule has 0 bridgehead atoms. The van der Waals surface area contributed by atoms with Crippen molar-refractivity contribution in [3.05, 3.63) is 29.3 Å². The highest BCUT2D eigenvalue weighted by Crippen LogP contribution is 2.35. The summed E-state index contributed by atoms with van der Waals surface area (Å²) >= 11 is 0. The van der Waals surface area contributed by atoms with Crippen molar-refractivity contribution in [2.24, 2.45) is 5.92 Å². The summed E-state index contributed by atoms with van der Waals surface area (Å²) in [4.78, 5) is 10.8. The quantitative estimate of drug-likeness (QED) is 0.725. The number of benzene rings is 1. The third-order valence-corrected chi connectivity index (χ3v) is 2.60. The zero-order valence-corrected chi connectivity index (χ0v) is 8.30. The number of hydrogen-bond acceptors (Lipinski definition) is 3. The SMILES string of the molecule is Cc1ccc2c(c1)OCC(C(=O)O)C2O. The van der Waals surface area contributed by atoms with Crippen LogP contribution in [0.4, 0.5) is 0 Å². The first kappa shape index (κ1) is 9.98. The van der Waals surface area contributed by atoms with Crippen LogP contribution in [0, 0.1) is 12.8 Å². The molecule has 1 aliphatic rings. The van der Waals surface area contributed by atoms with Gasteiger partial charge in [-0.1, -0.05) is 12.1 Å². The Morgan fingerprint density at radius 1 is 1.53 bits per heavy atom. The first-order valence-electron chi connectivity index (χ1n) is 4.74. The lowest BCUT2D eigenvalue weighted by molar-refractivity contribution is -0.148. The molecule has 2 unspecified atom stereocenters. The average Bonchev–Trinajstić information content (AvgIpc) is 2.17. The molecule has 0 fully saturated rings. The second kappa shape index (κ2) is 3.55. The van der Waals surface area contributed by atoms with Crippen molar-refractivity contribution < 1.29 is 19.7 Å². The Morgan fingerprint density at radius 3 is 2.93 bits per heavy atom. The van der Waals surface area contributed by atoms with Gasteiger partial charge in [0.05, 0.1) is 6.10 Å². The van der Waals surface area contributed by atoms with Gasteiger partial charge in [0.15, 0.2) is 0 Å². The predicted octanol–water partition coefficient (Wildman–Crippen LogP) is 1.12. The molecule has 0 aliphatic carbocycles. The van der Waals surface area contributed by atoms with Crippen LogP contribution in [-0.2, 0) is 4.79 Å². The van der Waals surface area contributed by atoms with Crippen molar-refractivity contribution >= 4 is 5.97 Å². The summed E-state index contributed by atoms with van der Waals surface area (Å²) in [5, 5.41) is 18.7. The van der Waals surface area contributed by atoms with Crippen LogP contribution < -0.4 is 4.74 Å². The predicted molar refractivity (Wildman–Crippen MR) is 52.8 cm³/mol. The normalized spacial score (nSPS) is 24.1. The number of aliphatic hydroxyl groups is 1. The Hall–Kier alpha value is -1.55. The minimum absolute atomic E-state index is 0.0208. The molecule has 0 saturated carbocycles. The average molecular weight is 208 g/mol. The van der Waals surface area contributed by atoms with E-state index in [0.29, 0.717) is 11.3 Å². The summed E-state index contributed by atoms with van der Waals surface area (Å²) in [5.74, 6) is -1.33. The summed E-state index contributed by atoms with van der Waals surface area (Å²) in [5.41, 5.74) is 1.58. The maximum atomic E-state index is 10.8. The van der Waals surface area contributed by atoms with Crippen LogP contribution in [-0.4, -0.2) is 22.8 Å². The molecule has 1 heterocycles. The van der Waals surface area contributed by atoms with Crippen LogP contribution in [0.3, 0.4) is 0 Å². The van der Waals surface area contributed by atoms with Gasteiger partial charge >= 0.3 is 5.97 Å². The van der Waals surface area contributed by atoms with Crippen LogP contribution in [0.1, 0.15) is 17.2 Å². The van der Waals surface area contributed by atoms with Gasteiger partial charge in [-0.25, -0.2) is 0 Å². The van der Waals surface area contributed by atoms with E-state index in [0.717, 1.165) is 5.56 Å². The minimum Gasteiger partial charge on any atom is -0.492 e. The van der Waals surface area contributed by atoms with E-state index in [2.05, 4.69) is 0 Å². The van der Waals surface area contributed by atoms with Crippen molar-refractivity contribution in [2.75, 3.05) is 6.61 Å². The topological polar surface area (TPSA) is 66.8 Å². The van der Waals surface area contributed by atoms with E-state index >= 15 is 0 Å². The highest BCUT2D eigenvalue weighted by Gasteiger charge is 2.34. The summed E-state index contributed by atoms with van der Waals surface area (Å²) in [6.45, 7) is 1.94. The van der Waals surface area contributed by atoms with Crippen LogP contribution in [0.25, 0.3) is 0 Å². The van der Waals surface area contributed by atoms with Crippen molar-refractivity contribution in [3.8, 4) is 5.75 Å². The molecule has 1 aromatic carbocycles. The molecule has 0 spiro atoms. The molecule has 4 nitrogen and oxygen atoms in total. The number of ether oxygens (including phenoxy) is 1. The molecular formula is C11H12O4. The number of fused-ring (bicyclic) bond motifs is 1. The highest BCUT2D eigenvalue weighted by molar-refractivity contribution is 5.72. The maximum Gasteiger partial charge on any atom is 0.313 e. The lowest BCUT2D eigenvalue weighted by atomic mass is 9.93. The number of aliphatic carboxylic acids is 1. The lowest BCUT2D eigenvalue weighted by Gasteiger charge is -2.27. The van der Waals surface area contributed by atoms with Crippen LogP contribution >= 0.6 is 0 Å². The van der Waals surface area contributed by atoms with Gasteiger partial charge in [-0.3, -0.25) is 4.79 Å². The first-order chi connectivity index (χ1) is 7.09. The van der Waals surface area contributed by atoms with Gasteiger partial charge in [0.1, 0.15) is 18.3 Å². The molecule has 2 rings (SSSR count). The zero-order chi connectivity index (χ0) is 11.0. The Balaban J connectivity index is 2.38. The maximum absolute atomic E-state index is 10.8. The van der Waals surface area contributed by atoms with E-state index in [1.54, 1.807) is 12.1 Å². The molecule has 1 aromatic rings. The Bertz CT molecular complexity index is 400. The van der Waals surface area contributed by atoms with Gasteiger partial charge in [0, 0.05) is 5.56 Å². The van der Waals surface area contributed by atoms with Gasteiger partial charge in [-0.2, -0.15) is 0 Å². The molecule has 0 amide bonds. The van der Waals surface area contributed by atoms with E-state index in [1.807, 2.05) is 13.0 Å². The van der Waals surface area contributed by atoms with Crippen molar-refractivity contribution in [2.45, 2.75) is 13.0 Å². The third kappa shape index (κ3) is 1.68. The molecule has 80 valence electrons. The van der Waals surface area contributed by atoms with Crippen molar-refractivity contribution in [1.82, 2.24) is 0 Å². The van der Waals surface area contributed by atoms with E-state index in [1.165, 1.54) is 0 Å². The van der Waals surface area contributed by atoms with Crippen molar-refractivity contribution in [1.29, 1.82) is 0 Å². The third-order valence-electron chi connectivity index (χ3n) is 2.60. The second-order valence-corrected chi connectivity index (χ2v) is 3.74. The fraction of sp³-hybridized carbons (Fsp3) is 0.364. The van der Waals surface area contributed by atoms with E-state index in [9.17, 15) is 9.90 Å². The van der Waals surface area contributed by atoms with Gasteiger partial charge < -0.3 is 14.9 Å². The first-order valence-corrected chi connectivity index (χ1v) is 4.74. The Morgan fingerprint density at radius 2 is 2.27 bits per heavy atom. The summed E-state index contributed by atoms with van der Waals surface area (Å²) in [7, 11) is 0. The molecule has 15 heavy (non-hydrogen) atoms. The molecular weight excluding hydrogens is 196 g/mol. The largest absolute Gasteiger partial charge is 0.492 e. The monoisotopic (exact) mass is 208 g/mol. The molecule has 1 aliphatic heterocycles. The number of aryl methyl sites for hydroxylation is 1. The minimum atomic E-state index is -1.03. The fourth-order valence-corrected chi connectivity index (χ4v) is 1.70. The second-order valence-electron chi connectivity index (χ2n) is 3.74. The summed E-state index contributed by atoms with van der Waals surface area (Å²) in [6.07, 6.45) is -0.980. The highest BCUT2D eigenvalue weighted by atomic mass is 16.5. The van der Waals surface area contributed by atoms with Crippen LogP contribution in [0.15, 0.2) is 18.2 Å². The van der Waals surface area contributed by atoms with Gasteiger partial charge in [-0.15, -0.1) is 0 Å². The van der Waals surface area contributed by atoms with E-state index in [-0.39, 0.29) is 6.61 Å². The molecule has 2 atom stereocenters. The molecule has 2 N–H and O–H groups in total. The number of rotatable bonds is 1. The Labute approximate surface area is 87.1 Å². The molecule has 0 radical (unpaired) electrons. The molecule has 0 saturated heterocycles. The van der Waals surface area contributed by atoms with Crippen LogP contribution in [0.2, 0.25) is 0 Å². The van der Waals surface area contributed by atoms with E-state index in [4.69, 9.17) is 9.84 Å². The lowest BCUT2D eigenvalue weighted by Crippen LogP contribution is -2.32. The van der Waals surface area contributed by atoms with Gasteiger partial charge in [0.2, 0.25) is 0 Å². The summed E-state index contributed by atoms with van der Waals surface area (Å²) in [6, 6.07) is 5.34. The van der Waals surface area contributed by atoms with Crippen molar-refractivity contribution in [3.63, 3.8) is 0 Å². The number of carboxylic acids is 1. The molecule has 0 aromatic heterocycles. The molecule has 4 heteroatoms. The Kier molecular flexibility index (Phi) is 2.36. The number of carbonyl (C=O) groups is 1. The zero-order valence-electron chi connectivity index (χ0n) is 8.30. The number of carboxylic acid groups (broad SMARTS) is 1. The number of hydrogen-bond donors (Lipinski definition) is 2. The van der Waals surface area contributed by atoms with E-state index < -0.39 is 18.0 Å².